The van der Waals surface area contributed by atoms with Crippen molar-refractivity contribution in [3.05, 3.63) is 58.3 Å². The third kappa shape index (κ3) is 5.14. The van der Waals surface area contributed by atoms with Gasteiger partial charge in [-0.25, -0.2) is 0 Å². The summed E-state index contributed by atoms with van der Waals surface area (Å²) >= 11 is 4.83. The van der Waals surface area contributed by atoms with Crippen molar-refractivity contribution in [1.29, 1.82) is 0 Å². The van der Waals surface area contributed by atoms with Gasteiger partial charge in [0.15, 0.2) is 5.16 Å². The van der Waals surface area contributed by atoms with Crippen LogP contribution in [-0.2, 0) is 11.3 Å². The van der Waals surface area contributed by atoms with E-state index < -0.39 is 0 Å². The fraction of sp³-hybridized carbons (Fsp3) is 0.286. The number of aromatic nitrogens is 3. The van der Waals surface area contributed by atoms with Crippen molar-refractivity contribution in [2.45, 2.75) is 18.6 Å². The van der Waals surface area contributed by atoms with E-state index in [1.165, 1.54) is 11.8 Å². The molecule has 0 spiro atoms. The van der Waals surface area contributed by atoms with Crippen LogP contribution in [-0.4, -0.2) is 52.6 Å². The molecular formula is C21H23BrN4O3S. The van der Waals surface area contributed by atoms with Crippen LogP contribution in [0.15, 0.2) is 52.1 Å². The van der Waals surface area contributed by atoms with Gasteiger partial charge in [-0.2, -0.15) is 0 Å². The summed E-state index contributed by atoms with van der Waals surface area (Å²) < 4.78 is 13.5. The number of hydrogen-bond donors (Lipinski definition) is 0. The highest BCUT2D eigenvalue weighted by molar-refractivity contribution is 9.10. The number of halogens is 1. The number of aryl methyl sites for hydroxylation is 1. The third-order valence-electron chi connectivity index (χ3n) is 4.53. The van der Waals surface area contributed by atoms with E-state index in [4.69, 9.17) is 9.47 Å². The van der Waals surface area contributed by atoms with Gasteiger partial charge in [0, 0.05) is 29.3 Å². The van der Waals surface area contributed by atoms with E-state index in [0.717, 1.165) is 33.0 Å². The van der Waals surface area contributed by atoms with E-state index in [-0.39, 0.29) is 11.7 Å². The van der Waals surface area contributed by atoms with Gasteiger partial charge < -0.3 is 14.4 Å². The molecule has 2 aromatic carbocycles. The Labute approximate surface area is 188 Å². The summed E-state index contributed by atoms with van der Waals surface area (Å²) in [7, 11) is 5.04. The van der Waals surface area contributed by atoms with Crippen molar-refractivity contribution >= 4 is 33.6 Å². The van der Waals surface area contributed by atoms with Crippen LogP contribution in [0, 0.1) is 6.92 Å². The third-order valence-corrected chi connectivity index (χ3v) is 5.93. The maximum Gasteiger partial charge on any atom is 0.233 e. The van der Waals surface area contributed by atoms with Crippen molar-refractivity contribution in [1.82, 2.24) is 19.7 Å². The van der Waals surface area contributed by atoms with Crippen molar-refractivity contribution < 1.29 is 14.3 Å². The summed E-state index contributed by atoms with van der Waals surface area (Å²) in [4.78, 5) is 14.4. The van der Waals surface area contributed by atoms with E-state index in [1.54, 1.807) is 26.2 Å². The van der Waals surface area contributed by atoms with Gasteiger partial charge in [-0.05, 0) is 49.4 Å². The molecule has 9 heteroatoms. The minimum atomic E-state index is -0.0102. The summed E-state index contributed by atoms with van der Waals surface area (Å²) in [5.41, 5.74) is 1.85. The van der Waals surface area contributed by atoms with E-state index in [1.807, 2.05) is 54.0 Å². The highest BCUT2D eigenvalue weighted by Gasteiger charge is 2.17. The number of rotatable bonds is 8. The molecule has 158 valence electrons. The fourth-order valence-corrected chi connectivity index (χ4v) is 4.26. The molecule has 0 aliphatic carbocycles. The topological polar surface area (TPSA) is 69.5 Å². The number of benzene rings is 2. The summed E-state index contributed by atoms with van der Waals surface area (Å²) in [5.74, 6) is 2.52. The van der Waals surface area contributed by atoms with Gasteiger partial charge in [0.25, 0.3) is 0 Å². The van der Waals surface area contributed by atoms with Crippen LogP contribution in [0.5, 0.6) is 11.5 Å². The van der Waals surface area contributed by atoms with Gasteiger partial charge in [-0.3, -0.25) is 9.36 Å². The van der Waals surface area contributed by atoms with E-state index >= 15 is 0 Å². The van der Waals surface area contributed by atoms with Crippen LogP contribution in [0.25, 0.3) is 5.69 Å². The normalized spacial score (nSPS) is 10.7. The minimum Gasteiger partial charge on any atom is -0.497 e. The van der Waals surface area contributed by atoms with Gasteiger partial charge in [-0.1, -0.05) is 27.7 Å². The molecule has 0 radical (unpaired) electrons. The predicted octanol–water partition coefficient (Wildman–Crippen LogP) is 4.11. The van der Waals surface area contributed by atoms with Crippen molar-refractivity contribution in [2.75, 3.05) is 27.0 Å². The Balaban J connectivity index is 1.68. The van der Waals surface area contributed by atoms with Gasteiger partial charge in [0.05, 0.1) is 20.0 Å². The highest BCUT2D eigenvalue weighted by atomic mass is 79.9. The fourth-order valence-electron chi connectivity index (χ4n) is 2.92. The molecule has 0 fully saturated rings. The monoisotopic (exact) mass is 490 g/mol. The number of amides is 1. The number of hydrogen-bond acceptors (Lipinski definition) is 6. The second-order valence-electron chi connectivity index (χ2n) is 6.56. The Hall–Kier alpha value is -2.52. The first-order valence-corrected chi connectivity index (χ1v) is 11.0. The number of thioether (sulfide) groups is 1. The maximum absolute atomic E-state index is 12.7. The summed E-state index contributed by atoms with van der Waals surface area (Å²) in [6, 6.07) is 13.4. The molecule has 0 atom stereocenters. The molecule has 1 aromatic heterocycles. The standard InChI is InChI=1S/C21H23BrN4O3S/c1-14-23-24-21(26(14)17-6-8-18(28-3)9-7-17)30-13-20(27)25(2)12-15-11-16(22)5-10-19(15)29-4/h5-11H,12-13H2,1-4H3. The first-order valence-electron chi connectivity index (χ1n) is 9.18. The van der Waals surface area contributed by atoms with Gasteiger partial charge >= 0.3 is 0 Å². The van der Waals surface area contributed by atoms with Gasteiger partial charge in [0.1, 0.15) is 17.3 Å². The SMILES string of the molecule is COc1ccc(-n2c(C)nnc2SCC(=O)N(C)Cc2cc(Br)ccc2OC)cc1. The zero-order chi connectivity index (χ0) is 21.7. The summed E-state index contributed by atoms with van der Waals surface area (Å²) in [6.45, 7) is 2.33. The molecular weight excluding hydrogens is 468 g/mol. The lowest BCUT2D eigenvalue weighted by atomic mass is 10.2. The molecule has 3 aromatic rings. The molecule has 7 nitrogen and oxygen atoms in total. The van der Waals surface area contributed by atoms with E-state index in [2.05, 4.69) is 26.1 Å². The zero-order valence-corrected chi connectivity index (χ0v) is 19.7. The van der Waals surface area contributed by atoms with Gasteiger partial charge in [-0.15, -0.1) is 10.2 Å². The summed E-state index contributed by atoms with van der Waals surface area (Å²) in [6.07, 6.45) is 0. The Bertz CT molecular complexity index is 1020. The highest BCUT2D eigenvalue weighted by Crippen LogP contribution is 2.26. The first kappa shape index (κ1) is 22.2. The molecule has 0 saturated heterocycles. The molecule has 0 aliphatic rings. The second-order valence-corrected chi connectivity index (χ2v) is 8.42. The lowest BCUT2D eigenvalue weighted by Gasteiger charge is -2.19. The predicted molar refractivity (Wildman–Crippen MR) is 121 cm³/mol. The van der Waals surface area contributed by atoms with E-state index in [9.17, 15) is 4.79 Å². The zero-order valence-electron chi connectivity index (χ0n) is 17.3. The van der Waals surface area contributed by atoms with Crippen molar-refractivity contribution in [2.24, 2.45) is 0 Å². The number of nitrogens with zero attached hydrogens (tertiary/aromatic N) is 4. The molecule has 0 saturated carbocycles. The van der Waals surface area contributed by atoms with Crippen LogP contribution in [0.4, 0.5) is 0 Å². The first-order chi connectivity index (χ1) is 14.4. The van der Waals surface area contributed by atoms with Crippen molar-refractivity contribution in [3.8, 4) is 17.2 Å². The van der Waals surface area contributed by atoms with E-state index in [0.29, 0.717) is 11.7 Å². The summed E-state index contributed by atoms with van der Waals surface area (Å²) in [5, 5.41) is 9.08. The smallest absolute Gasteiger partial charge is 0.233 e. The molecule has 0 N–H and O–H groups in total. The number of carbonyl (C=O) groups is 1. The molecule has 0 aliphatic heterocycles. The Kier molecular flexibility index (Phi) is 7.38. The quantitative estimate of drug-likeness (QED) is 0.442. The van der Waals surface area contributed by atoms with Crippen LogP contribution >= 0.6 is 27.7 Å². The molecule has 1 heterocycles. The molecule has 1 amide bonds. The maximum atomic E-state index is 12.7. The lowest BCUT2D eigenvalue weighted by molar-refractivity contribution is -0.127. The number of methoxy groups -OCH3 is 2. The Morgan fingerprint density at radius 2 is 1.87 bits per heavy atom. The second kappa shape index (κ2) is 9.99. The largest absolute Gasteiger partial charge is 0.497 e. The number of carbonyl (C=O) groups excluding carboxylic acids is 1. The Morgan fingerprint density at radius 1 is 1.13 bits per heavy atom. The molecule has 30 heavy (non-hydrogen) atoms. The molecule has 0 unspecified atom stereocenters. The van der Waals surface area contributed by atoms with Crippen LogP contribution < -0.4 is 9.47 Å². The lowest BCUT2D eigenvalue weighted by Crippen LogP contribution is -2.28. The van der Waals surface area contributed by atoms with Crippen LogP contribution in [0.1, 0.15) is 11.4 Å². The minimum absolute atomic E-state index is 0.0102. The molecule has 0 bridgehead atoms. The average Bonchev–Trinajstić information content (AvgIpc) is 3.12. The Morgan fingerprint density at radius 3 is 2.53 bits per heavy atom. The van der Waals surface area contributed by atoms with Gasteiger partial charge in [0.2, 0.25) is 5.91 Å². The van der Waals surface area contributed by atoms with Crippen molar-refractivity contribution in [3.63, 3.8) is 0 Å². The molecule has 3 rings (SSSR count). The average molecular weight is 491 g/mol. The van der Waals surface area contributed by atoms with Crippen LogP contribution in [0.3, 0.4) is 0 Å². The number of ether oxygens (including phenoxy) is 2. The van der Waals surface area contributed by atoms with Crippen LogP contribution in [0.2, 0.25) is 0 Å².